The molecule has 2 aliphatic rings. The number of carbonyl (C=O) groups is 1. The molecule has 0 saturated carbocycles. The number of fused-ring (bicyclic) bond motifs is 1. The quantitative estimate of drug-likeness (QED) is 0.333. The van der Waals surface area contributed by atoms with Gasteiger partial charge in [0.1, 0.15) is 29.8 Å². The Labute approximate surface area is 205 Å². The van der Waals surface area contributed by atoms with Crippen LogP contribution < -0.4 is 9.47 Å². The lowest BCUT2D eigenvalue weighted by Gasteiger charge is -2.20. The van der Waals surface area contributed by atoms with Gasteiger partial charge >= 0.3 is 0 Å². The molecule has 0 radical (unpaired) electrons. The Morgan fingerprint density at radius 3 is 2.33 bits per heavy atom. The van der Waals surface area contributed by atoms with Gasteiger partial charge in [0.05, 0.1) is 5.57 Å². The van der Waals surface area contributed by atoms with E-state index < -0.39 is 5.91 Å². The van der Waals surface area contributed by atoms with Gasteiger partial charge in [-0.1, -0.05) is 41.4 Å². The number of hydrazone groups is 1. The van der Waals surface area contributed by atoms with Gasteiger partial charge in [0, 0.05) is 4.47 Å². The zero-order valence-electron chi connectivity index (χ0n) is 18.1. The molecule has 4 rings (SSSR count). The van der Waals surface area contributed by atoms with Crippen molar-refractivity contribution in [1.82, 2.24) is 5.01 Å². The Morgan fingerprint density at radius 1 is 1.06 bits per heavy atom. The Balaban J connectivity index is 1.34. The SMILES string of the molecule is CCCCC1=NN2C(=N)C(=Cc3ccc(OCCOc4ccc(Br)cc4)cc3)C(=O)N=C2S1. The molecule has 0 unspecified atom stereocenters. The molecule has 2 heterocycles. The summed E-state index contributed by atoms with van der Waals surface area (Å²) in [5, 5.41) is 15.7. The summed E-state index contributed by atoms with van der Waals surface area (Å²) >= 11 is 4.76. The molecule has 1 amide bonds. The van der Waals surface area contributed by atoms with Gasteiger partial charge in [-0.05, 0) is 72.6 Å². The van der Waals surface area contributed by atoms with E-state index in [1.807, 2.05) is 48.5 Å². The summed E-state index contributed by atoms with van der Waals surface area (Å²) in [5.41, 5.74) is 0.999. The average molecular weight is 527 g/mol. The number of aliphatic imine (C=N–C) groups is 1. The molecule has 0 saturated heterocycles. The summed E-state index contributed by atoms with van der Waals surface area (Å²) in [6.45, 7) is 2.95. The number of rotatable bonds is 9. The summed E-state index contributed by atoms with van der Waals surface area (Å²) in [6.07, 6.45) is 4.57. The number of amides is 1. The number of thioether (sulfide) groups is 1. The molecule has 170 valence electrons. The number of amidine groups is 2. The third-order valence-corrected chi connectivity index (χ3v) is 6.36. The van der Waals surface area contributed by atoms with Crippen LogP contribution in [-0.4, -0.2) is 40.2 Å². The van der Waals surface area contributed by atoms with Crippen LogP contribution in [0, 0.1) is 5.41 Å². The van der Waals surface area contributed by atoms with Crippen molar-refractivity contribution in [2.24, 2.45) is 10.1 Å². The van der Waals surface area contributed by atoms with Crippen molar-refractivity contribution in [2.45, 2.75) is 26.2 Å². The summed E-state index contributed by atoms with van der Waals surface area (Å²) < 4.78 is 12.4. The van der Waals surface area contributed by atoms with Crippen LogP contribution in [0.25, 0.3) is 6.08 Å². The minimum atomic E-state index is -0.420. The van der Waals surface area contributed by atoms with Crippen LogP contribution in [0.1, 0.15) is 31.7 Å². The summed E-state index contributed by atoms with van der Waals surface area (Å²) in [6, 6.07) is 15.0. The molecule has 0 aliphatic carbocycles. The number of unbranched alkanes of at least 4 members (excludes halogenated alkanes) is 1. The molecule has 33 heavy (non-hydrogen) atoms. The van der Waals surface area contributed by atoms with Gasteiger partial charge in [-0.25, -0.2) is 0 Å². The zero-order valence-corrected chi connectivity index (χ0v) is 20.5. The lowest BCUT2D eigenvalue weighted by molar-refractivity contribution is -0.114. The molecule has 2 aromatic rings. The summed E-state index contributed by atoms with van der Waals surface area (Å²) in [5.74, 6) is 1.11. The third-order valence-electron chi connectivity index (χ3n) is 4.87. The fourth-order valence-electron chi connectivity index (χ4n) is 3.14. The van der Waals surface area contributed by atoms with Crippen LogP contribution in [0.4, 0.5) is 0 Å². The largest absolute Gasteiger partial charge is 0.490 e. The van der Waals surface area contributed by atoms with E-state index >= 15 is 0 Å². The van der Waals surface area contributed by atoms with E-state index in [9.17, 15) is 4.79 Å². The number of hydrogen-bond donors (Lipinski definition) is 1. The molecular weight excluding hydrogens is 504 g/mol. The molecule has 0 spiro atoms. The van der Waals surface area contributed by atoms with E-state index in [0.717, 1.165) is 40.1 Å². The van der Waals surface area contributed by atoms with Gasteiger partial charge in [0.15, 0.2) is 5.84 Å². The highest BCUT2D eigenvalue weighted by molar-refractivity contribution is 9.10. The van der Waals surface area contributed by atoms with E-state index in [4.69, 9.17) is 14.9 Å². The number of benzene rings is 2. The van der Waals surface area contributed by atoms with E-state index in [1.165, 1.54) is 16.8 Å². The number of nitrogens with zero attached hydrogens (tertiary/aromatic N) is 3. The first-order valence-corrected chi connectivity index (χ1v) is 12.2. The van der Waals surface area contributed by atoms with Gasteiger partial charge in [-0.2, -0.15) is 15.1 Å². The van der Waals surface area contributed by atoms with Gasteiger partial charge in [0.25, 0.3) is 5.91 Å². The fraction of sp³-hybridized carbons (Fsp3) is 0.250. The van der Waals surface area contributed by atoms with Crippen molar-refractivity contribution < 1.29 is 14.3 Å². The number of carbonyl (C=O) groups excluding carboxylic acids is 1. The van der Waals surface area contributed by atoms with Crippen LogP contribution >= 0.6 is 27.7 Å². The topological polar surface area (TPSA) is 87.3 Å². The van der Waals surface area contributed by atoms with E-state index in [1.54, 1.807) is 6.08 Å². The number of halogens is 1. The van der Waals surface area contributed by atoms with E-state index in [0.29, 0.717) is 24.1 Å². The smallest absolute Gasteiger partial charge is 0.283 e. The standard InChI is InChI=1S/C24H23BrN4O3S/c1-2-3-4-21-28-29-22(26)20(23(30)27-24(29)33-21)15-16-5-9-18(10-6-16)31-13-14-32-19-11-7-17(25)8-12-19/h5-12,15,26H,2-4,13-14H2,1H3. The number of ether oxygens (including phenoxy) is 2. The molecule has 2 aromatic carbocycles. The third kappa shape index (κ3) is 5.91. The zero-order chi connectivity index (χ0) is 23.2. The monoisotopic (exact) mass is 526 g/mol. The first-order valence-electron chi connectivity index (χ1n) is 10.6. The van der Waals surface area contributed by atoms with Crippen molar-refractivity contribution in [2.75, 3.05) is 13.2 Å². The maximum Gasteiger partial charge on any atom is 0.283 e. The lowest BCUT2D eigenvalue weighted by atomic mass is 10.1. The van der Waals surface area contributed by atoms with Crippen LogP contribution in [0.5, 0.6) is 11.5 Å². The van der Waals surface area contributed by atoms with Gasteiger partial charge in [0.2, 0.25) is 5.17 Å². The van der Waals surface area contributed by atoms with Crippen molar-refractivity contribution in [3.63, 3.8) is 0 Å². The Bertz CT molecular complexity index is 1130. The maximum atomic E-state index is 12.5. The normalized spacial score (nSPS) is 16.5. The van der Waals surface area contributed by atoms with E-state index in [-0.39, 0.29) is 11.4 Å². The molecule has 9 heteroatoms. The van der Waals surface area contributed by atoms with Crippen molar-refractivity contribution in [3.05, 3.63) is 64.1 Å². The Kier molecular flexibility index (Phi) is 7.61. The lowest BCUT2D eigenvalue weighted by Crippen LogP contribution is -2.35. The molecule has 2 aliphatic heterocycles. The first kappa shape index (κ1) is 23.3. The Hall–Kier alpha value is -2.91. The average Bonchev–Trinajstić information content (AvgIpc) is 3.23. The van der Waals surface area contributed by atoms with Crippen LogP contribution in [0.15, 0.2) is 68.7 Å². The van der Waals surface area contributed by atoms with Gasteiger partial charge in [-0.3, -0.25) is 10.2 Å². The van der Waals surface area contributed by atoms with Crippen molar-refractivity contribution in [1.29, 1.82) is 5.41 Å². The number of hydrogen-bond acceptors (Lipinski definition) is 6. The molecule has 0 fully saturated rings. The minimum absolute atomic E-state index is 0.0504. The molecule has 1 N–H and O–H groups in total. The van der Waals surface area contributed by atoms with Gasteiger partial charge in [-0.15, -0.1) is 0 Å². The molecule has 0 aromatic heterocycles. The first-order chi connectivity index (χ1) is 16.0. The fourth-order valence-corrected chi connectivity index (χ4v) is 4.33. The van der Waals surface area contributed by atoms with Crippen molar-refractivity contribution >= 4 is 55.7 Å². The van der Waals surface area contributed by atoms with E-state index in [2.05, 4.69) is 32.9 Å². The number of nitrogens with one attached hydrogen (secondary N) is 1. The second-order valence-corrected chi connectivity index (χ2v) is 9.29. The van der Waals surface area contributed by atoms with Crippen LogP contribution in [-0.2, 0) is 4.79 Å². The van der Waals surface area contributed by atoms with Crippen LogP contribution in [0.2, 0.25) is 0 Å². The summed E-state index contributed by atoms with van der Waals surface area (Å²) in [7, 11) is 0. The highest BCUT2D eigenvalue weighted by Crippen LogP contribution is 2.30. The molecule has 7 nitrogen and oxygen atoms in total. The summed E-state index contributed by atoms with van der Waals surface area (Å²) in [4.78, 5) is 16.7. The molecule has 0 atom stereocenters. The predicted octanol–water partition coefficient (Wildman–Crippen LogP) is 5.72. The second kappa shape index (κ2) is 10.8. The van der Waals surface area contributed by atoms with Crippen molar-refractivity contribution in [3.8, 4) is 11.5 Å². The maximum absolute atomic E-state index is 12.5. The van der Waals surface area contributed by atoms with Gasteiger partial charge < -0.3 is 9.47 Å². The highest BCUT2D eigenvalue weighted by Gasteiger charge is 2.35. The minimum Gasteiger partial charge on any atom is -0.490 e. The predicted molar refractivity (Wildman–Crippen MR) is 136 cm³/mol. The molecule has 0 bridgehead atoms. The highest BCUT2D eigenvalue weighted by atomic mass is 79.9. The Morgan fingerprint density at radius 2 is 1.70 bits per heavy atom. The van der Waals surface area contributed by atoms with Crippen LogP contribution in [0.3, 0.4) is 0 Å². The molecular formula is C24H23BrN4O3S. The second-order valence-electron chi connectivity index (χ2n) is 7.34.